The molecule has 1 aromatic rings. The summed E-state index contributed by atoms with van der Waals surface area (Å²) >= 11 is 0. The maximum absolute atomic E-state index is 13.4. The van der Waals surface area contributed by atoms with E-state index < -0.39 is 17.5 Å². The highest BCUT2D eigenvalue weighted by atomic mass is 35.5. The van der Waals surface area contributed by atoms with Crippen molar-refractivity contribution in [2.45, 2.75) is 6.42 Å². The van der Waals surface area contributed by atoms with Crippen LogP contribution in [0.2, 0.25) is 0 Å². The quantitative estimate of drug-likeness (QED) is 0.849. The van der Waals surface area contributed by atoms with Crippen LogP contribution in [0, 0.1) is 11.6 Å². The molecule has 0 aromatic heterocycles. The third kappa shape index (κ3) is 3.40. The molecular weight excluding hydrogens is 262 g/mol. The summed E-state index contributed by atoms with van der Waals surface area (Å²) in [6, 6.07) is 2.95. The Bertz CT molecular complexity index is 421. The predicted octanol–water partition coefficient (Wildman–Crippen LogP) is 1.82. The summed E-state index contributed by atoms with van der Waals surface area (Å²) in [5, 5.41) is 3.15. The summed E-state index contributed by atoms with van der Waals surface area (Å²) in [5.41, 5.74) is -0.188. The second-order valence-electron chi connectivity index (χ2n) is 4.02. The molecule has 18 heavy (non-hydrogen) atoms. The van der Waals surface area contributed by atoms with Crippen LogP contribution < -0.4 is 5.32 Å². The van der Waals surface area contributed by atoms with Gasteiger partial charge in [-0.2, -0.15) is 0 Å². The Labute approximate surface area is 111 Å². The van der Waals surface area contributed by atoms with Crippen molar-refractivity contribution in [3.8, 4) is 0 Å². The highest BCUT2D eigenvalue weighted by molar-refractivity contribution is 5.94. The van der Waals surface area contributed by atoms with Gasteiger partial charge in [-0.15, -0.1) is 12.4 Å². The van der Waals surface area contributed by atoms with Crippen LogP contribution in [0.4, 0.5) is 8.78 Å². The number of rotatable bonds is 1. The second-order valence-corrected chi connectivity index (χ2v) is 4.02. The molecule has 1 saturated heterocycles. The first-order valence-corrected chi connectivity index (χ1v) is 5.63. The van der Waals surface area contributed by atoms with E-state index in [1.807, 2.05) is 0 Å². The standard InChI is InChI=1S/C12H14F2N2O.ClH/c13-9-2-3-11(14)10(8-9)12(17)16-6-1-4-15-5-7-16;/h2-3,8,15H,1,4-7H2;1H. The molecule has 1 aliphatic rings. The normalized spacial score (nSPS) is 15.8. The maximum atomic E-state index is 13.4. The topological polar surface area (TPSA) is 32.3 Å². The molecule has 2 rings (SSSR count). The minimum absolute atomic E-state index is 0. The average molecular weight is 277 g/mol. The van der Waals surface area contributed by atoms with Crippen LogP contribution in [0.3, 0.4) is 0 Å². The van der Waals surface area contributed by atoms with E-state index in [2.05, 4.69) is 5.32 Å². The van der Waals surface area contributed by atoms with E-state index in [0.717, 1.165) is 31.2 Å². The second kappa shape index (κ2) is 6.66. The van der Waals surface area contributed by atoms with Crippen molar-refractivity contribution >= 4 is 18.3 Å². The Hall–Kier alpha value is -1.20. The first-order chi connectivity index (χ1) is 8.18. The fraction of sp³-hybridized carbons (Fsp3) is 0.417. The molecule has 1 fully saturated rings. The van der Waals surface area contributed by atoms with Crippen LogP contribution in [0.25, 0.3) is 0 Å². The largest absolute Gasteiger partial charge is 0.337 e. The van der Waals surface area contributed by atoms with Gasteiger partial charge in [0, 0.05) is 19.6 Å². The van der Waals surface area contributed by atoms with Gasteiger partial charge < -0.3 is 10.2 Å². The molecule has 1 aliphatic heterocycles. The summed E-state index contributed by atoms with van der Waals surface area (Å²) in [6.45, 7) is 2.62. The molecule has 1 amide bonds. The number of hydrogen-bond donors (Lipinski definition) is 1. The van der Waals surface area contributed by atoms with Gasteiger partial charge in [-0.3, -0.25) is 4.79 Å². The van der Waals surface area contributed by atoms with Crippen LogP contribution in [-0.2, 0) is 0 Å². The zero-order valence-electron chi connectivity index (χ0n) is 9.79. The van der Waals surface area contributed by atoms with Gasteiger partial charge >= 0.3 is 0 Å². The van der Waals surface area contributed by atoms with Gasteiger partial charge in [0.25, 0.3) is 5.91 Å². The fourth-order valence-corrected chi connectivity index (χ4v) is 1.88. The van der Waals surface area contributed by atoms with E-state index in [1.165, 1.54) is 0 Å². The van der Waals surface area contributed by atoms with E-state index in [-0.39, 0.29) is 18.0 Å². The number of nitrogens with zero attached hydrogens (tertiary/aromatic N) is 1. The van der Waals surface area contributed by atoms with Crippen molar-refractivity contribution in [3.63, 3.8) is 0 Å². The first-order valence-electron chi connectivity index (χ1n) is 5.63. The zero-order chi connectivity index (χ0) is 12.3. The Balaban J connectivity index is 0.00000162. The van der Waals surface area contributed by atoms with Crippen molar-refractivity contribution in [2.24, 2.45) is 0 Å². The van der Waals surface area contributed by atoms with Gasteiger partial charge in [-0.25, -0.2) is 8.78 Å². The lowest BCUT2D eigenvalue weighted by Gasteiger charge is -2.20. The molecule has 0 unspecified atom stereocenters. The molecule has 0 bridgehead atoms. The molecule has 0 aliphatic carbocycles. The van der Waals surface area contributed by atoms with Crippen LogP contribution in [-0.4, -0.2) is 37.0 Å². The summed E-state index contributed by atoms with van der Waals surface area (Å²) in [7, 11) is 0. The van der Waals surface area contributed by atoms with Crippen LogP contribution in [0.1, 0.15) is 16.8 Å². The van der Waals surface area contributed by atoms with E-state index in [4.69, 9.17) is 0 Å². The van der Waals surface area contributed by atoms with Crippen molar-refractivity contribution in [3.05, 3.63) is 35.4 Å². The third-order valence-electron chi connectivity index (χ3n) is 2.79. The van der Waals surface area contributed by atoms with E-state index in [0.29, 0.717) is 19.6 Å². The van der Waals surface area contributed by atoms with Gasteiger partial charge in [0.1, 0.15) is 11.6 Å². The lowest BCUT2D eigenvalue weighted by Crippen LogP contribution is -2.34. The average Bonchev–Trinajstić information content (AvgIpc) is 2.60. The number of amides is 1. The number of nitrogens with one attached hydrogen (secondary N) is 1. The Morgan fingerprint density at radius 2 is 2.00 bits per heavy atom. The molecule has 0 saturated carbocycles. The predicted molar refractivity (Wildman–Crippen MR) is 67.0 cm³/mol. The van der Waals surface area contributed by atoms with Gasteiger partial charge in [-0.05, 0) is 31.2 Å². The zero-order valence-corrected chi connectivity index (χ0v) is 10.6. The number of benzene rings is 1. The van der Waals surface area contributed by atoms with Gasteiger partial charge in [0.2, 0.25) is 0 Å². The molecule has 1 aromatic carbocycles. The number of carbonyl (C=O) groups is 1. The van der Waals surface area contributed by atoms with Gasteiger partial charge in [0.15, 0.2) is 0 Å². The molecule has 0 spiro atoms. The fourth-order valence-electron chi connectivity index (χ4n) is 1.88. The van der Waals surface area contributed by atoms with Crippen LogP contribution in [0.5, 0.6) is 0 Å². The highest BCUT2D eigenvalue weighted by Crippen LogP contribution is 2.13. The Morgan fingerprint density at radius 1 is 1.22 bits per heavy atom. The van der Waals surface area contributed by atoms with Crippen molar-refractivity contribution < 1.29 is 13.6 Å². The van der Waals surface area contributed by atoms with Crippen molar-refractivity contribution in [1.29, 1.82) is 0 Å². The van der Waals surface area contributed by atoms with Crippen molar-refractivity contribution in [1.82, 2.24) is 10.2 Å². The minimum atomic E-state index is -0.673. The Kier molecular flexibility index (Phi) is 5.50. The molecule has 1 N–H and O–H groups in total. The van der Waals surface area contributed by atoms with Crippen LogP contribution >= 0.6 is 12.4 Å². The summed E-state index contributed by atoms with van der Waals surface area (Å²) < 4.78 is 26.5. The van der Waals surface area contributed by atoms with Crippen LogP contribution in [0.15, 0.2) is 18.2 Å². The van der Waals surface area contributed by atoms with E-state index in [9.17, 15) is 13.6 Å². The third-order valence-corrected chi connectivity index (χ3v) is 2.79. The lowest BCUT2D eigenvalue weighted by atomic mass is 10.1. The van der Waals surface area contributed by atoms with Crippen molar-refractivity contribution in [2.75, 3.05) is 26.2 Å². The molecule has 0 atom stereocenters. The maximum Gasteiger partial charge on any atom is 0.256 e. The minimum Gasteiger partial charge on any atom is -0.337 e. The van der Waals surface area contributed by atoms with E-state index >= 15 is 0 Å². The molecular formula is C12H15ClF2N2O. The SMILES string of the molecule is Cl.O=C(c1cc(F)ccc1F)N1CCCNCC1. The van der Waals surface area contributed by atoms with Gasteiger partial charge in [0.05, 0.1) is 5.56 Å². The summed E-state index contributed by atoms with van der Waals surface area (Å²) in [6.07, 6.45) is 0.822. The molecule has 6 heteroatoms. The molecule has 0 radical (unpaired) electrons. The first kappa shape index (κ1) is 14.9. The Morgan fingerprint density at radius 3 is 2.78 bits per heavy atom. The lowest BCUT2D eigenvalue weighted by molar-refractivity contribution is 0.0761. The van der Waals surface area contributed by atoms with Gasteiger partial charge in [-0.1, -0.05) is 0 Å². The molecule has 100 valence electrons. The smallest absolute Gasteiger partial charge is 0.256 e. The number of carbonyl (C=O) groups excluding carboxylic acids is 1. The number of hydrogen-bond acceptors (Lipinski definition) is 2. The summed E-state index contributed by atoms with van der Waals surface area (Å²) in [5.74, 6) is -1.71. The van der Waals surface area contributed by atoms with E-state index in [1.54, 1.807) is 4.90 Å². The molecule has 1 heterocycles. The number of halogens is 3. The highest BCUT2D eigenvalue weighted by Gasteiger charge is 2.20. The summed E-state index contributed by atoms with van der Waals surface area (Å²) in [4.78, 5) is 13.6. The molecule has 3 nitrogen and oxygen atoms in total. The monoisotopic (exact) mass is 276 g/mol.